The number of hydrogen-bond donors (Lipinski definition) is 1. The highest BCUT2D eigenvalue weighted by molar-refractivity contribution is 7.99. The van der Waals surface area contributed by atoms with Gasteiger partial charge in [-0.3, -0.25) is 9.36 Å². The quantitative estimate of drug-likeness (QED) is 0.257. The van der Waals surface area contributed by atoms with Crippen molar-refractivity contribution in [2.75, 3.05) is 17.7 Å². The summed E-state index contributed by atoms with van der Waals surface area (Å²) in [4.78, 5) is 12.6. The molecule has 1 N–H and O–H groups in total. The molecule has 7 nitrogen and oxygen atoms in total. The minimum Gasteiger partial charge on any atom is -0.492 e. The first kappa shape index (κ1) is 25.6. The first-order chi connectivity index (χ1) is 16.3. The van der Waals surface area contributed by atoms with Crippen LogP contribution in [0.1, 0.15) is 36.9 Å². The molecule has 1 heterocycles. The number of aromatic nitrogens is 3. The Morgan fingerprint density at radius 3 is 2.65 bits per heavy atom. The number of benzene rings is 2. The van der Waals surface area contributed by atoms with Gasteiger partial charge >= 0.3 is 0 Å². The summed E-state index contributed by atoms with van der Waals surface area (Å²) in [7, 11) is 0. The van der Waals surface area contributed by atoms with Gasteiger partial charge in [-0.1, -0.05) is 41.6 Å². The molecule has 0 bridgehead atoms. The predicted molar refractivity (Wildman–Crippen MR) is 137 cm³/mol. The van der Waals surface area contributed by atoms with Gasteiger partial charge in [0.2, 0.25) is 5.91 Å². The van der Waals surface area contributed by atoms with Crippen LogP contribution >= 0.6 is 23.4 Å². The van der Waals surface area contributed by atoms with Crippen molar-refractivity contribution in [2.45, 2.75) is 45.5 Å². The average Bonchev–Trinajstić information content (AvgIpc) is 3.20. The zero-order valence-electron chi connectivity index (χ0n) is 19.8. The van der Waals surface area contributed by atoms with E-state index in [1.54, 1.807) is 6.08 Å². The van der Waals surface area contributed by atoms with Crippen LogP contribution in [0, 0.1) is 13.8 Å². The Morgan fingerprint density at radius 2 is 1.97 bits per heavy atom. The normalized spacial score (nSPS) is 11.7. The number of allylic oxidation sites excluding steroid dienone is 1. The van der Waals surface area contributed by atoms with Crippen molar-refractivity contribution in [1.82, 2.24) is 14.8 Å². The van der Waals surface area contributed by atoms with E-state index in [9.17, 15) is 4.79 Å². The minimum absolute atomic E-state index is 0.164. The molecule has 0 spiro atoms. The third-order valence-corrected chi connectivity index (χ3v) is 6.50. The van der Waals surface area contributed by atoms with Crippen molar-refractivity contribution < 1.29 is 14.3 Å². The fourth-order valence-corrected chi connectivity index (χ4v) is 4.27. The topological polar surface area (TPSA) is 78.3 Å². The van der Waals surface area contributed by atoms with Crippen molar-refractivity contribution in [1.29, 1.82) is 0 Å². The number of anilines is 1. The largest absolute Gasteiger partial charge is 0.492 e. The summed E-state index contributed by atoms with van der Waals surface area (Å²) in [5, 5.41) is 12.9. The van der Waals surface area contributed by atoms with Gasteiger partial charge in [-0.15, -0.1) is 16.8 Å². The maximum atomic E-state index is 12.6. The molecular weight excluding hydrogens is 472 g/mol. The van der Waals surface area contributed by atoms with E-state index in [4.69, 9.17) is 21.1 Å². The Bertz CT molecular complexity index is 1140. The van der Waals surface area contributed by atoms with Crippen molar-refractivity contribution in [3.63, 3.8) is 0 Å². The molecule has 0 saturated heterocycles. The number of rotatable bonds is 11. The maximum absolute atomic E-state index is 12.6. The molecule has 1 unspecified atom stereocenters. The fraction of sp³-hybridized carbons (Fsp3) is 0.320. The second-order valence-electron chi connectivity index (χ2n) is 7.64. The molecule has 1 aromatic heterocycles. The van der Waals surface area contributed by atoms with Crippen LogP contribution in [0.15, 0.2) is 54.2 Å². The number of ether oxygens (including phenoxy) is 2. The molecule has 1 amide bonds. The van der Waals surface area contributed by atoms with Crippen LogP contribution in [0.25, 0.3) is 0 Å². The Morgan fingerprint density at radius 1 is 1.26 bits per heavy atom. The van der Waals surface area contributed by atoms with Gasteiger partial charge in [0.25, 0.3) is 0 Å². The van der Waals surface area contributed by atoms with Crippen LogP contribution in [-0.2, 0) is 11.3 Å². The summed E-state index contributed by atoms with van der Waals surface area (Å²) in [5.74, 6) is 2.00. The molecule has 180 valence electrons. The van der Waals surface area contributed by atoms with E-state index in [2.05, 4.69) is 22.1 Å². The van der Waals surface area contributed by atoms with E-state index in [-0.39, 0.29) is 17.8 Å². The molecule has 9 heteroatoms. The van der Waals surface area contributed by atoms with Gasteiger partial charge in [0, 0.05) is 11.6 Å². The summed E-state index contributed by atoms with van der Waals surface area (Å²) < 4.78 is 13.6. The predicted octanol–water partition coefficient (Wildman–Crippen LogP) is 6.00. The van der Waals surface area contributed by atoms with E-state index in [1.165, 1.54) is 11.8 Å². The van der Waals surface area contributed by atoms with Gasteiger partial charge in [-0.25, -0.2) is 0 Å². The zero-order valence-corrected chi connectivity index (χ0v) is 21.4. The SMILES string of the molecule is C=CCn1c(SCC(=O)Nc2ccccc2OCC)nnc1C(C)Oc1cc(C)c(Cl)c(C)c1. The molecule has 3 rings (SSSR count). The summed E-state index contributed by atoms with van der Waals surface area (Å²) in [6, 6.07) is 11.2. The Hall–Kier alpha value is -2.97. The van der Waals surface area contributed by atoms with Gasteiger partial charge in [0.15, 0.2) is 17.1 Å². The van der Waals surface area contributed by atoms with E-state index >= 15 is 0 Å². The second-order valence-corrected chi connectivity index (χ2v) is 8.96. The molecule has 0 radical (unpaired) electrons. The number of halogens is 1. The first-order valence-corrected chi connectivity index (χ1v) is 12.3. The number of hydrogen-bond acceptors (Lipinski definition) is 6. The number of carbonyl (C=O) groups is 1. The molecule has 3 aromatic rings. The van der Waals surface area contributed by atoms with E-state index in [1.807, 2.05) is 68.7 Å². The van der Waals surface area contributed by atoms with E-state index in [0.717, 1.165) is 16.1 Å². The number of nitrogens with one attached hydrogen (secondary N) is 1. The molecule has 1 atom stereocenters. The smallest absolute Gasteiger partial charge is 0.234 e. The van der Waals surface area contributed by atoms with E-state index < -0.39 is 0 Å². The fourth-order valence-electron chi connectivity index (χ4n) is 3.41. The molecule has 0 aliphatic heterocycles. The highest BCUT2D eigenvalue weighted by Gasteiger charge is 2.20. The van der Waals surface area contributed by atoms with Gasteiger partial charge in [-0.2, -0.15) is 0 Å². The van der Waals surface area contributed by atoms with Gasteiger partial charge < -0.3 is 14.8 Å². The highest BCUT2D eigenvalue weighted by Crippen LogP contribution is 2.30. The summed E-state index contributed by atoms with van der Waals surface area (Å²) in [5.41, 5.74) is 2.54. The van der Waals surface area contributed by atoms with Crippen LogP contribution in [0.3, 0.4) is 0 Å². The van der Waals surface area contributed by atoms with Gasteiger partial charge in [0.1, 0.15) is 11.5 Å². The third-order valence-electron chi connectivity index (χ3n) is 4.94. The highest BCUT2D eigenvalue weighted by atomic mass is 35.5. The summed E-state index contributed by atoms with van der Waals surface area (Å²) in [6.07, 6.45) is 1.40. The lowest BCUT2D eigenvalue weighted by molar-refractivity contribution is -0.113. The maximum Gasteiger partial charge on any atom is 0.234 e. The van der Waals surface area contributed by atoms with Crippen molar-refractivity contribution in [3.8, 4) is 11.5 Å². The lowest BCUT2D eigenvalue weighted by atomic mass is 10.1. The molecule has 0 aliphatic rings. The number of aryl methyl sites for hydroxylation is 2. The number of carbonyl (C=O) groups excluding carboxylic acids is 1. The average molecular weight is 501 g/mol. The Kier molecular flexibility index (Phi) is 9.01. The van der Waals surface area contributed by atoms with Crippen LogP contribution in [0.4, 0.5) is 5.69 Å². The van der Waals surface area contributed by atoms with Crippen molar-refractivity contribution in [2.24, 2.45) is 0 Å². The molecule has 0 fully saturated rings. The molecule has 0 saturated carbocycles. The Balaban J connectivity index is 1.70. The number of para-hydroxylation sites is 2. The van der Waals surface area contributed by atoms with Crippen LogP contribution < -0.4 is 14.8 Å². The van der Waals surface area contributed by atoms with E-state index in [0.29, 0.717) is 41.3 Å². The lowest BCUT2D eigenvalue weighted by Gasteiger charge is -2.17. The van der Waals surface area contributed by atoms with Crippen molar-refractivity contribution >= 4 is 35.0 Å². The monoisotopic (exact) mass is 500 g/mol. The number of thioether (sulfide) groups is 1. The third kappa shape index (κ3) is 6.33. The summed E-state index contributed by atoms with van der Waals surface area (Å²) >= 11 is 7.57. The molecule has 0 aliphatic carbocycles. The van der Waals surface area contributed by atoms with Crippen LogP contribution in [0.2, 0.25) is 5.02 Å². The second kappa shape index (κ2) is 11.9. The van der Waals surface area contributed by atoms with Crippen LogP contribution in [-0.4, -0.2) is 33.0 Å². The lowest BCUT2D eigenvalue weighted by Crippen LogP contribution is -2.16. The zero-order chi connectivity index (χ0) is 24.7. The molecule has 34 heavy (non-hydrogen) atoms. The van der Waals surface area contributed by atoms with Gasteiger partial charge in [-0.05, 0) is 63.1 Å². The molecular formula is C25H29ClN4O3S. The van der Waals surface area contributed by atoms with Gasteiger partial charge in [0.05, 0.1) is 18.0 Å². The Labute approximate surface area is 209 Å². The number of nitrogens with zero attached hydrogens (tertiary/aromatic N) is 3. The standard InChI is InChI=1S/C25H29ClN4O3S/c1-6-12-30-24(18(5)33-19-13-16(3)23(26)17(4)14-19)28-29-25(30)34-15-22(31)27-20-10-8-9-11-21(20)32-7-2/h6,8-11,13-14,18H,1,7,12,15H2,2-5H3,(H,27,31). The molecule has 2 aromatic carbocycles. The summed E-state index contributed by atoms with van der Waals surface area (Å²) in [6.45, 7) is 12.5. The minimum atomic E-state index is -0.367. The first-order valence-electron chi connectivity index (χ1n) is 11.0. The van der Waals surface area contributed by atoms with Crippen LogP contribution in [0.5, 0.6) is 11.5 Å². The number of amides is 1. The van der Waals surface area contributed by atoms with Crippen molar-refractivity contribution in [3.05, 3.63) is 71.0 Å².